The summed E-state index contributed by atoms with van der Waals surface area (Å²) >= 11 is 2.02. The smallest absolute Gasteiger partial charge is 0.333 e. The molecule has 4 heterocycles. The highest BCUT2D eigenvalue weighted by atomic mass is 32.1. The average Bonchev–Trinajstić information content (AvgIpc) is 3.93. The molecule has 2 aliphatic heterocycles. The number of anilines is 2. The lowest BCUT2D eigenvalue weighted by Gasteiger charge is -2.57. The third-order valence-corrected chi connectivity index (χ3v) is 21.8. The molecule has 0 unspecified atom stereocenters. The van der Waals surface area contributed by atoms with Crippen LogP contribution in [0.1, 0.15) is 88.2 Å². The van der Waals surface area contributed by atoms with Crippen LogP contribution >= 0.6 is 11.3 Å². The van der Waals surface area contributed by atoms with Gasteiger partial charge in [0.25, 0.3) is 0 Å². The monoisotopic (exact) mass is 918 g/mol. The van der Waals surface area contributed by atoms with Crippen LogP contribution < -0.4 is 15.7 Å². The van der Waals surface area contributed by atoms with Crippen LogP contribution in [0.4, 0.5) is 11.4 Å². The quantitative estimate of drug-likeness (QED) is 0.160. The van der Waals surface area contributed by atoms with Crippen molar-refractivity contribution in [2.24, 2.45) is 35.5 Å². The van der Waals surface area contributed by atoms with E-state index in [0.717, 1.165) is 35.5 Å². The first-order chi connectivity index (χ1) is 34.5. The zero-order valence-corrected chi connectivity index (χ0v) is 40.6. The number of thiophene rings is 1. The average molecular weight is 919 g/mol. The third kappa shape index (κ3) is 5.02. The molecule has 2 nitrogen and oxygen atoms in total. The zero-order valence-electron chi connectivity index (χ0n) is 39.8. The van der Waals surface area contributed by atoms with E-state index in [1.807, 2.05) is 11.3 Å². The van der Waals surface area contributed by atoms with Gasteiger partial charge in [-0.1, -0.05) is 109 Å². The van der Waals surface area contributed by atoms with E-state index in [2.05, 4.69) is 161 Å². The Balaban J connectivity index is 0.987. The molecule has 0 N–H and O–H groups in total. The van der Waals surface area contributed by atoms with Gasteiger partial charge in [-0.15, -0.1) is 11.3 Å². The van der Waals surface area contributed by atoms with Gasteiger partial charge < -0.3 is 9.38 Å². The predicted molar refractivity (Wildman–Crippen MR) is 295 cm³/mol. The number of aromatic nitrogens is 1. The summed E-state index contributed by atoms with van der Waals surface area (Å²) in [6, 6.07) is 60.3. The van der Waals surface area contributed by atoms with Gasteiger partial charge >= 0.3 is 6.85 Å². The molecule has 70 heavy (non-hydrogen) atoms. The van der Waals surface area contributed by atoms with Crippen LogP contribution in [0.5, 0.6) is 0 Å². The van der Waals surface area contributed by atoms with Crippen molar-refractivity contribution in [3.63, 3.8) is 0 Å². The van der Waals surface area contributed by atoms with Crippen molar-refractivity contribution in [2.75, 3.05) is 4.81 Å². The van der Waals surface area contributed by atoms with Gasteiger partial charge in [-0.3, -0.25) is 0 Å². The zero-order chi connectivity index (χ0) is 45.2. The molecule has 8 aromatic carbocycles. The number of hydrogen-bond acceptors (Lipinski definition) is 2. The number of fused-ring (bicyclic) bond motifs is 13. The maximum atomic E-state index is 2.84. The molecule has 20 rings (SSSR count). The second-order valence-corrected chi connectivity index (χ2v) is 25.5. The first-order valence-corrected chi connectivity index (χ1v) is 27.9. The van der Waals surface area contributed by atoms with Gasteiger partial charge in [0.05, 0.1) is 21.4 Å². The molecular formula is C66H55BN2S. The van der Waals surface area contributed by atoms with Crippen molar-refractivity contribution in [2.45, 2.75) is 87.9 Å². The highest BCUT2D eigenvalue weighted by Gasteiger charge is 2.54. The van der Waals surface area contributed by atoms with E-state index in [0.29, 0.717) is 5.41 Å². The lowest BCUT2D eigenvalue weighted by molar-refractivity contribution is -0.00526. The topological polar surface area (TPSA) is 8.17 Å². The highest BCUT2D eigenvalue weighted by molar-refractivity contribution is 7.26. The standard InChI is InChI=1S/C66H55BN2S/c1-2-8-44(9-3-1)45-14-18-49(19-15-45)69-61-50-11-5-4-10-46(50)16-20-52(61)54-31-56-51-12-6-7-13-59(51)70-64(56)63-60(54)67(69)57-30-48(66-35-41-25-42(36-66)27-43(26-41)37-66)29-55-53-28-47(17-21-58(53)68(63)62(55)57)65-32-38-22-39(33-65)24-40(23-38)34-65/h1-21,28-31,38-43H,22-27,32-37H2. The minimum atomic E-state index is -0.0173. The van der Waals surface area contributed by atoms with E-state index in [1.165, 1.54) is 180 Å². The second kappa shape index (κ2) is 13.4. The first-order valence-electron chi connectivity index (χ1n) is 27.1. The molecule has 4 heteroatoms. The normalized spacial score (nSPS) is 28.5. The first kappa shape index (κ1) is 38.6. The molecule has 0 saturated heterocycles. The van der Waals surface area contributed by atoms with E-state index < -0.39 is 0 Å². The van der Waals surface area contributed by atoms with Crippen molar-refractivity contribution < 1.29 is 0 Å². The SMILES string of the molecule is c1ccc(-c2ccc(N3B4c5c(cc6c(sc7ccccc76)c5-n5c6ccc(C78CC9CC(CC(C9)C7)C8)cc6c6cc(C78CC9CC(CC(C9)C7)C8)cc4c65)-c4ccc5ccccc5c43)cc2)cc1. The van der Waals surface area contributed by atoms with Crippen LogP contribution in [-0.4, -0.2) is 11.4 Å². The fourth-order valence-corrected chi connectivity index (χ4v) is 20.0. The van der Waals surface area contributed by atoms with Gasteiger partial charge in [0.1, 0.15) is 0 Å². The van der Waals surface area contributed by atoms with Gasteiger partial charge in [0.2, 0.25) is 0 Å². The fraction of sp³-hybridized carbons (Fsp3) is 0.303. The molecule has 8 fully saturated rings. The van der Waals surface area contributed by atoms with E-state index in [4.69, 9.17) is 0 Å². The maximum Gasteiger partial charge on any atom is 0.333 e. The largest absolute Gasteiger partial charge is 0.376 e. The molecule has 0 spiro atoms. The Labute approximate surface area is 414 Å². The van der Waals surface area contributed by atoms with Crippen LogP contribution in [0.3, 0.4) is 0 Å². The summed E-state index contributed by atoms with van der Waals surface area (Å²) in [6.07, 6.45) is 17.1. The van der Waals surface area contributed by atoms with Crippen LogP contribution in [-0.2, 0) is 10.8 Å². The fourth-order valence-electron chi connectivity index (χ4n) is 18.8. The van der Waals surface area contributed by atoms with Gasteiger partial charge in [-0.05, 0) is 210 Å². The number of nitrogens with zero attached hydrogens (tertiary/aromatic N) is 2. The predicted octanol–water partition coefficient (Wildman–Crippen LogP) is 16.1. The molecule has 2 aromatic heterocycles. The second-order valence-electron chi connectivity index (χ2n) is 24.5. The molecule has 0 atom stereocenters. The van der Waals surface area contributed by atoms with Crippen LogP contribution in [0.2, 0.25) is 0 Å². The Hall–Kier alpha value is -6.10. The molecule has 8 bridgehead atoms. The van der Waals surface area contributed by atoms with Gasteiger partial charge in [0.15, 0.2) is 0 Å². The summed E-state index contributed by atoms with van der Waals surface area (Å²) < 4.78 is 5.63. The number of benzene rings is 8. The van der Waals surface area contributed by atoms with Crippen LogP contribution in [0.15, 0.2) is 152 Å². The minimum Gasteiger partial charge on any atom is -0.376 e. The van der Waals surface area contributed by atoms with Crippen molar-refractivity contribution >= 4 is 93.2 Å². The number of hydrogen-bond donors (Lipinski definition) is 0. The van der Waals surface area contributed by atoms with E-state index in [1.54, 1.807) is 11.1 Å². The Kier molecular flexibility index (Phi) is 7.42. The Morgan fingerprint density at radius 2 is 1.07 bits per heavy atom. The summed E-state index contributed by atoms with van der Waals surface area (Å²) in [7, 11) is 0. The molecular weight excluding hydrogens is 864 g/mol. The molecule has 0 radical (unpaired) electrons. The van der Waals surface area contributed by atoms with Crippen molar-refractivity contribution in [1.29, 1.82) is 0 Å². The van der Waals surface area contributed by atoms with Crippen molar-refractivity contribution in [1.82, 2.24) is 4.57 Å². The van der Waals surface area contributed by atoms with Crippen LogP contribution in [0, 0.1) is 35.5 Å². The summed E-state index contributed by atoms with van der Waals surface area (Å²) in [5.74, 6) is 5.38. The highest BCUT2D eigenvalue weighted by Crippen LogP contribution is 2.63. The molecule has 0 amide bonds. The molecule has 8 saturated carbocycles. The minimum absolute atomic E-state index is 0.0173. The van der Waals surface area contributed by atoms with Gasteiger partial charge in [0, 0.05) is 48.6 Å². The van der Waals surface area contributed by atoms with E-state index in [9.17, 15) is 0 Å². The van der Waals surface area contributed by atoms with E-state index in [-0.39, 0.29) is 12.3 Å². The van der Waals surface area contributed by atoms with E-state index >= 15 is 0 Å². The Morgan fingerprint density at radius 3 is 1.79 bits per heavy atom. The van der Waals surface area contributed by atoms with Crippen molar-refractivity contribution in [3.8, 4) is 27.9 Å². The van der Waals surface area contributed by atoms with Crippen molar-refractivity contribution in [3.05, 3.63) is 163 Å². The summed E-state index contributed by atoms with van der Waals surface area (Å²) in [4.78, 5) is 2.83. The molecule has 10 aliphatic rings. The van der Waals surface area contributed by atoms with Gasteiger partial charge in [-0.25, -0.2) is 0 Å². The molecule has 8 aliphatic carbocycles. The molecule has 10 aromatic rings. The third-order valence-electron chi connectivity index (χ3n) is 20.6. The summed E-state index contributed by atoms with van der Waals surface area (Å²) in [6.45, 7) is -0.0173. The molecule has 338 valence electrons. The Bertz CT molecular complexity index is 3860. The number of rotatable bonds is 4. The maximum absolute atomic E-state index is 2.84. The van der Waals surface area contributed by atoms with Crippen LogP contribution in [0.25, 0.3) is 80.7 Å². The summed E-state index contributed by atoms with van der Waals surface area (Å²) in [5.41, 5.74) is 19.0. The summed E-state index contributed by atoms with van der Waals surface area (Å²) in [5, 5.41) is 8.41. The van der Waals surface area contributed by atoms with Gasteiger partial charge in [-0.2, -0.15) is 0 Å². The lowest BCUT2D eigenvalue weighted by atomic mass is 9.42. The lowest BCUT2D eigenvalue weighted by Crippen LogP contribution is -2.61. The Morgan fingerprint density at radius 1 is 0.457 bits per heavy atom.